The van der Waals surface area contributed by atoms with Gasteiger partial charge in [-0.05, 0) is 48.9 Å². The number of benzene rings is 2. The molecular weight excluding hydrogens is 342 g/mol. The average molecular weight is 363 g/mol. The average Bonchev–Trinajstić information content (AvgIpc) is 2.69. The molecule has 0 atom stereocenters. The number of carbonyl (C=O) groups is 2. The largest absolute Gasteiger partial charge is 0.457 e. The van der Waals surface area contributed by atoms with Crippen molar-refractivity contribution in [1.29, 1.82) is 0 Å². The van der Waals surface area contributed by atoms with Gasteiger partial charge in [-0.3, -0.25) is 4.79 Å². The molecule has 6 heteroatoms. The standard InChI is InChI=1S/C20H19N3O2.CH2O/c1-14-7-12-18(19(21)23-14)20(24)22-13-15-8-10-17(11-9-15)25-16-5-3-2-4-6-16;1-2/h2-12H,13H2,1H3,(H2,21,23)(H,22,24);1H2. The van der Waals surface area contributed by atoms with Crippen LogP contribution in [0.15, 0.2) is 66.7 Å². The summed E-state index contributed by atoms with van der Waals surface area (Å²) in [5.74, 6) is 1.53. The van der Waals surface area contributed by atoms with E-state index < -0.39 is 0 Å². The number of carbonyl (C=O) groups excluding carboxylic acids is 2. The monoisotopic (exact) mass is 363 g/mol. The first-order chi connectivity index (χ1) is 13.1. The third kappa shape index (κ3) is 5.67. The molecule has 0 spiro atoms. The number of nitrogens with one attached hydrogen (secondary N) is 1. The van der Waals surface area contributed by atoms with E-state index in [1.165, 1.54) is 0 Å². The van der Waals surface area contributed by atoms with Crippen molar-refractivity contribution in [2.45, 2.75) is 13.5 Å². The highest BCUT2D eigenvalue weighted by atomic mass is 16.5. The van der Waals surface area contributed by atoms with Gasteiger partial charge in [-0.25, -0.2) is 4.98 Å². The van der Waals surface area contributed by atoms with Crippen LogP contribution in [0.2, 0.25) is 0 Å². The molecule has 0 aliphatic carbocycles. The normalized spacial score (nSPS) is 9.67. The lowest BCUT2D eigenvalue weighted by atomic mass is 10.2. The Balaban J connectivity index is 0.00000126. The minimum absolute atomic E-state index is 0.240. The highest BCUT2D eigenvalue weighted by Gasteiger charge is 2.10. The summed E-state index contributed by atoms with van der Waals surface area (Å²) in [6, 6.07) is 20.6. The molecule has 3 aromatic rings. The maximum atomic E-state index is 12.2. The Morgan fingerprint density at radius 3 is 2.26 bits per heavy atom. The Morgan fingerprint density at radius 2 is 1.63 bits per heavy atom. The zero-order chi connectivity index (χ0) is 19.6. The lowest BCUT2D eigenvalue weighted by molar-refractivity contribution is -0.0980. The fourth-order valence-electron chi connectivity index (χ4n) is 2.35. The number of para-hydroxylation sites is 1. The molecule has 0 aliphatic rings. The summed E-state index contributed by atoms with van der Waals surface area (Å²) < 4.78 is 5.74. The van der Waals surface area contributed by atoms with E-state index in [2.05, 4.69) is 10.3 Å². The lowest BCUT2D eigenvalue weighted by Crippen LogP contribution is -2.24. The third-order valence-electron chi connectivity index (χ3n) is 3.66. The lowest BCUT2D eigenvalue weighted by Gasteiger charge is -2.09. The predicted molar refractivity (Wildman–Crippen MR) is 105 cm³/mol. The number of amides is 1. The SMILES string of the molecule is C=O.Cc1ccc(C(=O)NCc2ccc(Oc3ccccc3)cc2)c(N)n1. The van der Waals surface area contributed by atoms with Gasteiger partial charge in [0.1, 0.15) is 24.1 Å². The van der Waals surface area contributed by atoms with Crippen molar-refractivity contribution in [2.75, 3.05) is 5.73 Å². The molecule has 0 unspecified atom stereocenters. The van der Waals surface area contributed by atoms with Gasteiger partial charge < -0.3 is 20.6 Å². The number of hydrogen-bond donors (Lipinski definition) is 2. The third-order valence-corrected chi connectivity index (χ3v) is 3.66. The number of nitrogen functional groups attached to an aromatic ring is 1. The van der Waals surface area contributed by atoms with Gasteiger partial charge in [0, 0.05) is 12.2 Å². The summed E-state index contributed by atoms with van der Waals surface area (Å²) in [5.41, 5.74) is 7.93. The summed E-state index contributed by atoms with van der Waals surface area (Å²) in [7, 11) is 0. The van der Waals surface area contributed by atoms with Crippen molar-refractivity contribution in [3.8, 4) is 11.5 Å². The molecule has 1 amide bonds. The van der Waals surface area contributed by atoms with Crippen LogP contribution in [0.4, 0.5) is 5.82 Å². The molecule has 1 aromatic heterocycles. The van der Waals surface area contributed by atoms with E-state index >= 15 is 0 Å². The van der Waals surface area contributed by atoms with Gasteiger partial charge in [-0.1, -0.05) is 30.3 Å². The Morgan fingerprint density at radius 1 is 1.00 bits per heavy atom. The van der Waals surface area contributed by atoms with E-state index in [9.17, 15) is 4.79 Å². The van der Waals surface area contributed by atoms with Crippen LogP contribution in [-0.2, 0) is 11.3 Å². The fourth-order valence-corrected chi connectivity index (χ4v) is 2.35. The summed E-state index contributed by atoms with van der Waals surface area (Å²) in [6.07, 6.45) is 0. The topological polar surface area (TPSA) is 94.3 Å². The van der Waals surface area contributed by atoms with Gasteiger partial charge in [-0.2, -0.15) is 0 Å². The van der Waals surface area contributed by atoms with Crippen LogP contribution in [0.25, 0.3) is 0 Å². The van der Waals surface area contributed by atoms with Gasteiger partial charge in [0.15, 0.2) is 0 Å². The van der Waals surface area contributed by atoms with Crippen molar-refractivity contribution >= 4 is 18.5 Å². The number of ether oxygens (including phenoxy) is 1. The first-order valence-electron chi connectivity index (χ1n) is 8.24. The van der Waals surface area contributed by atoms with E-state index in [0.717, 1.165) is 22.8 Å². The van der Waals surface area contributed by atoms with Gasteiger partial charge in [0.2, 0.25) is 0 Å². The molecule has 0 saturated carbocycles. The predicted octanol–water partition coefficient (Wildman–Crippen LogP) is 3.51. The van der Waals surface area contributed by atoms with Gasteiger partial charge in [0.25, 0.3) is 5.91 Å². The number of pyridine rings is 1. The second kappa shape index (κ2) is 9.72. The first-order valence-corrected chi connectivity index (χ1v) is 8.24. The summed E-state index contributed by atoms with van der Waals surface area (Å²) >= 11 is 0. The first kappa shape index (κ1) is 19.7. The van der Waals surface area contributed by atoms with Crippen molar-refractivity contribution < 1.29 is 14.3 Å². The summed E-state index contributed by atoms with van der Waals surface area (Å²) in [4.78, 5) is 24.3. The molecule has 2 aromatic carbocycles. The van der Waals surface area contributed by atoms with Crippen LogP contribution in [0, 0.1) is 6.92 Å². The van der Waals surface area contributed by atoms with Crippen molar-refractivity contribution in [2.24, 2.45) is 0 Å². The number of nitrogens with two attached hydrogens (primary N) is 1. The second-order valence-corrected chi connectivity index (χ2v) is 5.63. The van der Waals surface area contributed by atoms with Crippen LogP contribution in [-0.4, -0.2) is 17.7 Å². The van der Waals surface area contributed by atoms with Gasteiger partial charge >= 0.3 is 0 Å². The van der Waals surface area contributed by atoms with Crippen LogP contribution < -0.4 is 15.8 Å². The Labute approximate surface area is 158 Å². The van der Waals surface area contributed by atoms with Crippen LogP contribution in [0.3, 0.4) is 0 Å². The minimum atomic E-state index is -0.241. The quantitative estimate of drug-likeness (QED) is 0.723. The number of aromatic nitrogens is 1. The summed E-state index contributed by atoms with van der Waals surface area (Å²) in [5, 5.41) is 2.84. The molecule has 3 N–H and O–H groups in total. The number of anilines is 1. The molecule has 0 aliphatic heterocycles. The van der Waals surface area contributed by atoms with Crippen molar-refractivity contribution in [1.82, 2.24) is 10.3 Å². The van der Waals surface area contributed by atoms with E-state index in [1.54, 1.807) is 12.1 Å². The molecule has 138 valence electrons. The highest BCUT2D eigenvalue weighted by molar-refractivity contribution is 5.98. The Bertz CT molecular complexity index is 881. The van der Waals surface area contributed by atoms with E-state index in [-0.39, 0.29) is 11.7 Å². The van der Waals surface area contributed by atoms with Crippen LogP contribution >= 0.6 is 0 Å². The van der Waals surface area contributed by atoms with Crippen molar-refractivity contribution in [3.05, 3.63) is 83.6 Å². The molecule has 27 heavy (non-hydrogen) atoms. The summed E-state index contributed by atoms with van der Waals surface area (Å²) in [6.45, 7) is 4.23. The molecule has 0 radical (unpaired) electrons. The molecule has 0 fully saturated rings. The van der Waals surface area contributed by atoms with Crippen LogP contribution in [0.1, 0.15) is 21.6 Å². The number of hydrogen-bond acceptors (Lipinski definition) is 5. The molecule has 6 nitrogen and oxygen atoms in total. The molecule has 0 saturated heterocycles. The molecular formula is C21H21N3O3. The van der Waals surface area contributed by atoms with E-state index in [1.807, 2.05) is 68.3 Å². The number of nitrogens with zero attached hydrogens (tertiary/aromatic N) is 1. The molecule has 1 heterocycles. The Hall–Kier alpha value is -3.67. The highest BCUT2D eigenvalue weighted by Crippen LogP contribution is 2.21. The zero-order valence-electron chi connectivity index (χ0n) is 15.0. The van der Waals surface area contributed by atoms with Crippen molar-refractivity contribution in [3.63, 3.8) is 0 Å². The van der Waals surface area contributed by atoms with Gasteiger partial charge in [0.05, 0.1) is 5.56 Å². The molecule has 0 bridgehead atoms. The number of aryl methyl sites for hydroxylation is 1. The van der Waals surface area contributed by atoms with E-state index in [0.29, 0.717) is 12.1 Å². The second-order valence-electron chi connectivity index (χ2n) is 5.63. The minimum Gasteiger partial charge on any atom is -0.457 e. The molecule has 3 rings (SSSR count). The zero-order valence-corrected chi connectivity index (χ0v) is 15.0. The van der Waals surface area contributed by atoms with E-state index in [4.69, 9.17) is 15.3 Å². The van der Waals surface area contributed by atoms with Gasteiger partial charge in [-0.15, -0.1) is 0 Å². The number of rotatable bonds is 5. The van der Waals surface area contributed by atoms with Crippen LogP contribution in [0.5, 0.6) is 11.5 Å². The maximum absolute atomic E-state index is 12.2. The Kier molecular flexibility index (Phi) is 7.07. The maximum Gasteiger partial charge on any atom is 0.255 e. The smallest absolute Gasteiger partial charge is 0.255 e. The fraction of sp³-hybridized carbons (Fsp3) is 0.0952.